The van der Waals surface area contributed by atoms with E-state index in [0.29, 0.717) is 5.56 Å². The molecule has 3 aromatic carbocycles. The summed E-state index contributed by atoms with van der Waals surface area (Å²) in [6.07, 6.45) is 0. The Bertz CT molecular complexity index is 1210. The summed E-state index contributed by atoms with van der Waals surface area (Å²) >= 11 is 12.5. The van der Waals surface area contributed by atoms with Gasteiger partial charge in [0.1, 0.15) is 0 Å². The monoisotopic (exact) mass is 472 g/mol. The van der Waals surface area contributed by atoms with Gasteiger partial charge in [-0.25, -0.2) is 0 Å². The van der Waals surface area contributed by atoms with Crippen LogP contribution in [-0.4, -0.2) is 11.0 Å². The van der Waals surface area contributed by atoms with Gasteiger partial charge in [-0.1, -0.05) is 59.6 Å². The van der Waals surface area contributed by atoms with E-state index in [9.17, 15) is 14.2 Å². The van der Waals surface area contributed by atoms with Crippen LogP contribution in [0.3, 0.4) is 0 Å². The van der Waals surface area contributed by atoms with Crippen LogP contribution in [0.15, 0.2) is 48.5 Å². The maximum atomic E-state index is 14.5. The number of rotatable bonds is 5. The van der Waals surface area contributed by atoms with Crippen LogP contribution in [0.2, 0.25) is 10.0 Å². The second-order valence-electron chi connectivity index (χ2n) is 7.65. The van der Waals surface area contributed by atoms with E-state index in [-0.39, 0.29) is 20.9 Å². The lowest BCUT2D eigenvalue weighted by Gasteiger charge is -2.22. The van der Waals surface area contributed by atoms with Gasteiger partial charge in [-0.15, -0.1) is 0 Å². The van der Waals surface area contributed by atoms with Crippen LogP contribution < -0.4 is 5.30 Å². The summed E-state index contributed by atoms with van der Waals surface area (Å²) in [6.45, 7) is 9.49. The van der Waals surface area contributed by atoms with E-state index < -0.39 is 18.2 Å². The fourth-order valence-electron chi connectivity index (χ4n) is 3.80. The number of carbonyl (C=O) groups excluding carboxylic acids is 2. The van der Waals surface area contributed by atoms with Crippen molar-refractivity contribution in [1.29, 1.82) is 0 Å². The third-order valence-electron chi connectivity index (χ3n) is 6.08. The first kappa shape index (κ1) is 23.5. The molecule has 160 valence electrons. The molecule has 31 heavy (non-hydrogen) atoms. The summed E-state index contributed by atoms with van der Waals surface area (Å²) in [5.41, 5.74) is 3.08. The van der Waals surface area contributed by atoms with Crippen LogP contribution in [-0.2, 0) is 4.57 Å². The normalized spacial score (nSPS) is 13.0. The van der Waals surface area contributed by atoms with Crippen molar-refractivity contribution in [3.05, 3.63) is 97.5 Å². The maximum Gasteiger partial charge on any atom is 0.248 e. The summed E-state index contributed by atoms with van der Waals surface area (Å²) in [4.78, 5) is 27.7. The van der Waals surface area contributed by atoms with Crippen LogP contribution in [0.4, 0.5) is 0 Å². The highest BCUT2D eigenvalue weighted by Gasteiger charge is 2.45. The minimum absolute atomic E-state index is 0.0613. The molecule has 1 unspecified atom stereocenters. The van der Waals surface area contributed by atoms with E-state index in [2.05, 4.69) is 0 Å². The molecule has 3 nitrogen and oxygen atoms in total. The van der Waals surface area contributed by atoms with Crippen LogP contribution in [0.5, 0.6) is 0 Å². The van der Waals surface area contributed by atoms with E-state index >= 15 is 0 Å². The van der Waals surface area contributed by atoms with Gasteiger partial charge >= 0.3 is 0 Å². The van der Waals surface area contributed by atoms with E-state index in [4.69, 9.17) is 23.2 Å². The molecule has 0 aliphatic carbocycles. The highest BCUT2D eigenvalue weighted by Crippen LogP contribution is 2.53. The van der Waals surface area contributed by atoms with Gasteiger partial charge in [-0.2, -0.15) is 0 Å². The molecular weight excluding hydrogens is 450 g/mol. The molecule has 0 aliphatic heterocycles. The average molecular weight is 473 g/mol. The molecule has 3 aromatic rings. The summed E-state index contributed by atoms with van der Waals surface area (Å²) < 4.78 is 14.5. The molecule has 0 aromatic heterocycles. The van der Waals surface area contributed by atoms with Crippen molar-refractivity contribution >= 4 is 46.7 Å². The summed E-state index contributed by atoms with van der Waals surface area (Å²) in [6, 6.07) is 12.7. The molecule has 0 amide bonds. The van der Waals surface area contributed by atoms with Gasteiger partial charge in [0.05, 0.1) is 15.6 Å². The van der Waals surface area contributed by atoms with Gasteiger partial charge in [-0.05, 0) is 74.6 Å². The first-order chi connectivity index (χ1) is 14.5. The maximum absolute atomic E-state index is 14.5. The van der Waals surface area contributed by atoms with E-state index in [1.165, 1.54) is 12.1 Å². The Morgan fingerprint density at radius 2 is 1.03 bits per heavy atom. The molecule has 6 heteroatoms. The van der Waals surface area contributed by atoms with Crippen molar-refractivity contribution in [2.75, 3.05) is 0 Å². The first-order valence-corrected chi connectivity index (χ1v) is 12.3. The van der Waals surface area contributed by atoms with E-state index in [1.54, 1.807) is 36.4 Å². The number of hydrogen-bond donors (Lipinski definition) is 0. The molecule has 0 spiro atoms. The zero-order valence-corrected chi connectivity index (χ0v) is 20.5. The zero-order valence-electron chi connectivity index (χ0n) is 18.0. The number of carbonyl (C=O) groups is 2. The van der Waals surface area contributed by atoms with Gasteiger partial charge in [-0.3, -0.25) is 9.59 Å². The second-order valence-corrected chi connectivity index (χ2v) is 11.0. The third-order valence-corrected chi connectivity index (χ3v) is 9.33. The lowest BCUT2D eigenvalue weighted by Crippen LogP contribution is -2.23. The van der Waals surface area contributed by atoms with Crippen molar-refractivity contribution in [3.63, 3.8) is 0 Å². The standard InChI is InChI=1S/C25H23Cl2O3P/c1-14-15(2)17(4)22(18(5)16(14)3)24(28)31(30,19-10-7-6-8-11-19)25(29)23-20(26)12-9-13-21(23)27/h6-13H,1-5H3. The minimum atomic E-state index is -4.31. The summed E-state index contributed by atoms with van der Waals surface area (Å²) in [5.74, 6) is 0. The molecular formula is C25H23Cl2O3P. The summed E-state index contributed by atoms with van der Waals surface area (Å²) in [7, 11) is -4.31. The van der Waals surface area contributed by atoms with E-state index in [0.717, 1.165) is 27.8 Å². The SMILES string of the molecule is Cc1c(C)c(C)c(C(=O)P(=O)(C(=O)c2c(Cl)cccc2Cl)c2ccccc2)c(C)c1C. The number of hydrogen-bond acceptors (Lipinski definition) is 3. The molecule has 0 aliphatic rings. The Hall–Kier alpha value is -2.19. The minimum Gasteiger partial charge on any atom is -0.302 e. The predicted molar refractivity (Wildman–Crippen MR) is 129 cm³/mol. The Morgan fingerprint density at radius 1 is 0.613 bits per heavy atom. The van der Waals surface area contributed by atoms with Gasteiger partial charge in [0.2, 0.25) is 18.2 Å². The van der Waals surface area contributed by atoms with Gasteiger partial charge in [0.25, 0.3) is 0 Å². The van der Waals surface area contributed by atoms with Crippen LogP contribution in [0, 0.1) is 34.6 Å². The quantitative estimate of drug-likeness (QED) is 0.368. The molecule has 0 heterocycles. The fraction of sp³-hybridized carbons (Fsp3) is 0.200. The van der Waals surface area contributed by atoms with Crippen LogP contribution in [0.1, 0.15) is 48.5 Å². The largest absolute Gasteiger partial charge is 0.302 e. The highest BCUT2D eigenvalue weighted by molar-refractivity contribution is 8.01. The second kappa shape index (κ2) is 8.74. The topological polar surface area (TPSA) is 51.2 Å². The predicted octanol–water partition coefficient (Wildman–Crippen LogP) is 7.20. The Kier molecular flexibility index (Phi) is 6.62. The Morgan fingerprint density at radius 3 is 1.52 bits per heavy atom. The van der Waals surface area contributed by atoms with Gasteiger partial charge < -0.3 is 4.57 Å². The smallest absolute Gasteiger partial charge is 0.248 e. The van der Waals surface area contributed by atoms with Crippen molar-refractivity contribution < 1.29 is 14.2 Å². The van der Waals surface area contributed by atoms with Crippen LogP contribution >= 0.6 is 30.3 Å². The molecule has 0 N–H and O–H groups in total. The molecule has 1 atom stereocenters. The zero-order chi connectivity index (χ0) is 23.1. The lowest BCUT2D eigenvalue weighted by molar-refractivity contribution is 0.104. The molecule has 0 bridgehead atoms. The van der Waals surface area contributed by atoms with Crippen molar-refractivity contribution in [3.8, 4) is 0 Å². The van der Waals surface area contributed by atoms with E-state index in [1.807, 2.05) is 34.6 Å². The molecule has 3 rings (SSSR count). The van der Waals surface area contributed by atoms with Crippen molar-refractivity contribution in [2.45, 2.75) is 34.6 Å². The Labute approximate surface area is 192 Å². The van der Waals surface area contributed by atoms with Gasteiger partial charge in [0, 0.05) is 10.9 Å². The third kappa shape index (κ3) is 3.80. The highest BCUT2D eigenvalue weighted by atomic mass is 35.5. The molecule has 0 radical (unpaired) electrons. The lowest BCUT2D eigenvalue weighted by atomic mass is 9.90. The molecule has 0 saturated carbocycles. The first-order valence-electron chi connectivity index (χ1n) is 9.79. The average Bonchev–Trinajstić information content (AvgIpc) is 2.76. The van der Waals surface area contributed by atoms with Crippen molar-refractivity contribution in [2.24, 2.45) is 0 Å². The van der Waals surface area contributed by atoms with Crippen molar-refractivity contribution in [1.82, 2.24) is 0 Å². The van der Waals surface area contributed by atoms with Crippen LogP contribution in [0.25, 0.3) is 0 Å². The molecule has 0 fully saturated rings. The summed E-state index contributed by atoms with van der Waals surface area (Å²) in [5, 5.41) is 0.285. The molecule has 0 saturated heterocycles. The number of halogens is 2. The Balaban J connectivity index is 2.37. The van der Waals surface area contributed by atoms with Gasteiger partial charge in [0.15, 0.2) is 0 Å². The number of benzene rings is 3. The fourth-order valence-corrected chi connectivity index (χ4v) is 6.95.